The average Bonchev–Trinajstić information content (AvgIpc) is 3.31. The number of rotatable bonds is 9. The van der Waals surface area contributed by atoms with Crippen LogP contribution in [0.4, 0.5) is 5.82 Å². The van der Waals surface area contributed by atoms with Gasteiger partial charge in [0, 0.05) is 43.6 Å². The van der Waals surface area contributed by atoms with Crippen LogP contribution in [0.2, 0.25) is 0 Å². The number of β-amino-alcohol motifs (C(OH)–C–C–N with tert-alkyl or cyclic N) is 1. The molecule has 0 aliphatic carbocycles. The molecule has 2 N–H and O–H groups in total. The Hall–Kier alpha value is -2.97. The molecule has 170 valence electrons. The number of anilines is 1. The first kappa shape index (κ1) is 22.2. The van der Waals surface area contributed by atoms with E-state index >= 15 is 0 Å². The van der Waals surface area contributed by atoms with Crippen molar-refractivity contribution in [3.05, 3.63) is 65.4 Å². The molecule has 1 saturated heterocycles. The van der Waals surface area contributed by atoms with Crippen molar-refractivity contribution in [3.63, 3.8) is 0 Å². The molecule has 0 amide bonds. The third-order valence-electron chi connectivity index (χ3n) is 5.83. The second-order valence-corrected chi connectivity index (χ2v) is 8.66. The van der Waals surface area contributed by atoms with Gasteiger partial charge in [0.1, 0.15) is 24.5 Å². The van der Waals surface area contributed by atoms with Crippen molar-refractivity contribution in [1.29, 1.82) is 0 Å². The van der Waals surface area contributed by atoms with Crippen LogP contribution < -0.4 is 15.0 Å². The second kappa shape index (κ2) is 9.67. The maximum absolute atomic E-state index is 11.0. The van der Waals surface area contributed by atoms with E-state index in [0.717, 1.165) is 47.3 Å². The van der Waals surface area contributed by atoms with E-state index in [1.165, 1.54) is 0 Å². The summed E-state index contributed by atoms with van der Waals surface area (Å²) in [6.07, 6.45) is 2.29. The van der Waals surface area contributed by atoms with Gasteiger partial charge < -0.3 is 20.1 Å². The predicted molar refractivity (Wildman–Crippen MR) is 124 cm³/mol. The molecule has 1 aliphatic rings. The second-order valence-electron chi connectivity index (χ2n) is 8.66. The highest BCUT2D eigenvalue weighted by Gasteiger charge is 2.36. The van der Waals surface area contributed by atoms with Crippen LogP contribution in [-0.2, 0) is 13.1 Å². The molecule has 1 aromatic carbocycles. The lowest BCUT2D eigenvalue weighted by Crippen LogP contribution is -2.43. The molecule has 8 heteroatoms. The Bertz CT molecular complexity index is 1040. The van der Waals surface area contributed by atoms with Gasteiger partial charge in [-0.25, -0.2) is 9.97 Å². The Morgan fingerprint density at radius 2 is 1.91 bits per heavy atom. The fourth-order valence-corrected chi connectivity index (χ4v) is 4.10. The third kappa shape index (κ3) is 5.63. The van der Waals surface area contributed by atoms with Crippen LogP contribution in [0.5, 0.6) is 5.75 Å². The summed E-state index contributed by atoms with van der Waals surface area (Å²) in [5.41, 5.74) is 3.50. The standard InChI is InChI=1S/C24H32N6O2/c1-18-13-23(27-17-26-18)29-9-8-24(31,16-29)15-25-14-21-4-6-22(7-5-21)32-11-10-30-20(3)12-19(2)28-30/h4-7,12-13,17,25,31H,8-11,14-16H2,1-3H3/t24-/m1/s1. The van der Waals surface area contributed by atoms with Crippen LogP contribution >= 0.6 is 0 Å². The summed E-state index contributed by atoms with van der Waals surface area (Å²) in [7, 11) is 0. The van der Waals surface area contributed by atoms with Gasteiger partial charge in [-0.05, 0) is 51.0 Å². The number of aliphatic hydroxyl groups is 1. The molecule has 4 rings (SSSR count). The van der Waals surface area contributed by atoms with Crippen molar-refractivity contribution in [1.82, 2.24) is 25.1 Å². The molecule has 2 aromatic heterocycles. The highest BCUT2D eigenvalue weighted by molar-refractivity contribution is 5.41. The Morgan fingerprint density at radius 3 is 2.62 bits per heavy atom. The summed E-state index contributed by atoms with van der Waals surface area (Å²) in [6, 6.07) is 12.1. The molecule has 1 fully saturated rings. The van der Waals surface area contributed by atoms with Crippen molar-refractivity contribution in [2.45, 2.75) is 45.9 Å². The summed E-state index contributed by atoms with van der Waals surface area (Å²) in [6.45, 7) is 9.90. The summed E-state index contributed by atoms with van der Waals surface area (Å²) in [4.78, 5) is 10.6. The van der Waals surface area contributed by atoms with Crippen LogP contribution in [0, 0.1) is 20.8 Å². The van der Waals surface area contributed by atoms with E-state index in [9.17, 15) is 5.11 Å². The zero-order valence-corrected chi connectivity index (χ0v) is 19.1. The van der Waals surface area contributed by atoms with Gasteiger partial charge in [0.25, 0.3) is 0 Å². The quantitative estimate of drug-likeness (QED) is 0.533. The van der Waals surface area contributed by atoms with E-state index in [1.807, 2.05) is 36.7 Å². The van der Waals surface area contributed by atoms with Crippen molar-refractivity contribution in [3.8, 4) is 5.75 Å². The lowest BCUT2D eigenvalue weighted by atomic mass is 10.0. The molecule has 0 bridgehead atoms. The molecule has 1 atom stereocenters. The maximum Gasteiger partial charge on any atom is 0.132 e. The molecule has 0 radical (unpaired) electrons. The van der Waals surface area contributed by atoms with Crippen LogP contribution in [0.15, 0.2) is 42.7 Å². The Labute approximate surface area is 189 Å². The van der Waals surface area contributed by atoms with E-state index in [4.69, 9.17) is 4.74 Å². The third-order valence-corrected chi connectivity index (χ3v) is 5.83. The van der Waals surface area contributed by atoms with E-state index in [0.29, 0.717) is 32.7 Å². The molecule has 0 unspecified atom stereocenters. The Morgan fingerprint density at radius 1 is 1.09 bits per heavy atom. The number of benzene rings is 1. The molecule has 0 spiro atoms. The lowest BCUT2D eigenvalue weighted by molar-refractivity contribution is 0.0626. The Balaban J connectivity index is 1.20. The zero-order valence-electron chi connectivity index (χ0n) is 19.1. The summed E-state index contributed by atoms with van der Waals surface area (Å²) < 4.78 is 7.82. The van der Waals surface area contributed by atoms with Crippen LogP contribution in [0.25, 0.3) is 0 Å². The molecule has 32 heavy (non-hydrogen) atoms. The van der Waals surface area contributed by atoms with Gasteiger partial charge in [-0.2, -0.15) is 5.10 Å². The number of nitrogens with one attached hydrogen (secondary N) is 1. The number of hydrogen-bond donors (Lipinski definition) is 2. The van der Waals surface area contributed by atoms with E-state index in [2.05, 4.69) is 50.4 Å². The van der Waals surface area contributed by atoms with Gasteiger partial charge in [0.2, 0.25) is 0 Å². The molecule has 3 heterocycles. The molecular formula is C24H32N6O2. The number of ether oxygens (including phenoxy) is 1. The van der Waals surface area contributed by atoms with Crippen LogP contribution in [-0.4, -0.2) is 56.7 Å². The molecule has 8 nitrogen and oxygen atoms in total. The van der Waals surface area contributed by atoms with Crippen LogP contribution in [0.1, 0.15) is 29.1 Å². The SMILES string of the molecule is Cc1cc(N2CC[C@@](O)(CNCc3ccc(OCCn4nc(C)cc4C)cc3)C2)ncn1. The average molecular weight is 437 g/mol. The molecule has 3 aromatic rings. The molecular weight excluding hydrogens is 404 g/mol. The fourth-order valence-electron chi connectivity index (χ4n) is 4.10. The zero-order chi connectivity index (χ0) is 22.6. The van der Waals surface area contributed by atoms with Crippen molar-refractivity contribution < 1.29 is 9.84 Å². The molecule has 0 saturated carbocycles. The monoisotopic (exact) mass is 436 g/mol. The van der Waals surface area contributed by atoms with Crippen molar-refractivity contribution >= 4 is 5.82 Å². The van der Waals surface area contributed by atoms with Gasteiger partial charge in [-0.15, -0.1) is 0 Å². The van der Waals surface area contributed by atoms with E-state index in [-0.39, 0.29) is 0 Å². The topological polar surface area (TPSA) is 88.3 Å². The van der Waals surface area contributed by atoms with Gasteiger partial charge in [-0.3, -0.25) is 4.68 Å². The smallest absolute Gasteiger partial charge is 0.132 e. The van der Waals surface area contributed by atoms with Crippen molar-refractivity contribution in [2.24, 2.45) is 0 Å². The highest BCUT2D eigenvalue weighted by atomic mass is 16.5. The minimum atomic E-state index is -0.759. The largest absolute Gasteiger partial charge is 0.492 e. The minimum Gasteiger partial charge on any atom is -0.492 e. The first-order valence-corrected chi connectivity index (χ1v) is 11.1. The Kier molecular flexibility index (Phi) is 6.72. The lowest BCUT2D eigenvalue weighted by Gasteiger charge is -2.24. The van der Waals surface area contributed by atoms with E-state index in [1.54, 1.807) is 6.33 Å². The summed E-state index contributed by atoms with van der Waals surface area (Å²) in [5.74, 6) is 1.72. The van der Waals surface area contributed by atoms with Gasteiger partial charge >= 0.3 is 0 Å². The normalized spacial score (nSPS) is 18.3. The number of nitrogens with zero attached hydrogens (tertiary/aromatic N) is 5. The summed E-state index contributed by atoms with van der Waals surface area (Å²) >= 11 is 0. The highest BCUT2D eigenvalue weighted by Crippen LogP contribution is 2.25. The maximum atomic E-state index is 11.0. The van der Waals surface area contributed by atoms with Gasteiger partial charge in [-0.1, -0.05) is 12.1 Å². The van der Waals surface area contributed by atoms with Crippen molar-refractivity contribution in [2.75, 3.05) is 31.1 Å². The van der Waals surface area contributed by atoms with Gasteiger partial charge in [0.05, 0.1) is 17.8 Å². The van der Waals surface area contributed by atoms with Gasteiger partial charge in [0.15, 0.2) is 0 Å². The minimum absolute atomic E-state index is 0.536. The number of hydrogen-bond acceptors (Lipinski definition) is 7. The predicted octanol–water partition coefficient (Wildman–Crippen LogP) is 2.41. The number of aryl methyl sites for hydroxylation is 3. The fraction of sp³-hybridized carbons (Fsp3) is 0.458. The van der Waals surface area contributed by atoms with Crippen LogP contribution in [0.3, 0.4) is 0 Å². The number of aromatic nitrogens is 4. The first-order valence-electron chi connectivity index (χ1n) is 11.1. The molecule has 1 aliphatic heterocycles. The van der Waals surface area contributed by atoms with E-state index < -0.39 is 5.60 Å². The first-order chi connectivity index (χ1) is 15.4. The summed E-state index contributed by atoms with van der Waals surface area (Å²) in [5, 5.41) is 18.8.